The van der Waals surface area contributed by atoms with Gasteiger partial charge < -0.3 is 9.47 Å². The van der Waals surface area contributed by atoms with E-state index in [0.717, 1.165) is 21.9 Å². The van der Waals surface area contributed by atoms with Crippen molar-refractivity contribution >= 4 is 34.5 Å². The van der Waals surface area contributed by atoms with Crippen LogP contribution in [0.4, 0.5) is 0 Å². The number of aryl methyl sites for hydroxylation is 1. The molecule has 0 aliphatic carbocycles. The largest absolute Gasteiger partial charge is 0.496 e. The lowest BCUT2D eigenvalue weighted by Gasteiger charge is -2.15. The highest BCUT2D eigenvalue weighted by Crippen LogP contribution is 2.26. The van der Waals surface area contributed by atoms with Gasteiger partial charge in [0.15, 0.2) is 6.10 Å². The first-order valence-electron chi connectivity index (χ1n) is 8.81. The van der Waals surface area contributed by atoms with Crippen LogP contribution in [0, 0.1) is 6.92 Å². The number of nitrogens with one attached hydrogen (secondary N) is 1. The Morgan fingerprint density at radius 3 is 2.64 bits per heavy atom. The number of carbonyl (C=O) groups excluding carboxylic acids is 1. The van der Waals surface area contributed by atoms with Crippen molar-refractivity contribution in [1.82, 2.24) is 5.43 Å². The smallest absolute Gasteiger partial charge is 0.280 e. The van der Waals surface area contributed by atoms with Crippen LogP contribution in [0.25, 0.3) is 10.8 Å². The highest BCUT2D eigenvalue weighted by atomic mass is 35.5. The first-order valence-corrected chi connectivity index (χ1v) is 9.19. The van der Waals surface area contributed by atoms with Crippen LogP contribution in [0.15, 0.2) is 59.7 Å². The van der Waals surface area contributed by atoms with Gasteiger partial charge in [-0.25, -0.2) is 5.43 Å². The summed E-state index contributed by atoms with van der Waals surface area (Å²) in [4.78, 5) is 12.3. The van der Waals surface area contributed by atoms with Crippen LogP contribution in [0.5, 0.6) is 11.5 Å². The maximum atomic E-state index is 12.3. The van der Waals surface area contributed by atoms with Crippen LogP contribution >= 0.6 is 11.6 Å². The van der Waals surface area contributed by atoms with E-state index >= 15 is 0 Å². The number of hydrogen-bond acceptors (Lipinski definition) is 4. The molecule has 0 spiro atoms. The Hall–Kier alpha value is -3.05. The number of amides is 1. The molecule has 0 radical (unpaired) electrons. The van der Waals surface area contributed by atoms with E-state index in [1.54, 1.807) is 38.4 Å². The Balaban J connectivity index is 1.72. The molecule has 1 amide bonds. The van der Waals surface area contributed by atoms with E-state index in [-0.39, 0.29) is 5.91 Å². The van der Waals surface area contributed by atoms with Crippen molar-refractivity contribution in [2.45, 2.75) is 20.0 Å². The van der Waals surface area contributed by atoms with Crippen molar-refractivity contribution in [3.63, 3.8) is 0 Å². The number of fused-ring (bicyclic) bond motifs is 1. The van der Waals surface area contributed by atoms with E-state index in [9.17, 15) is 4.79 Å². The lowest BCUT2D eigenvalue weighted by Crippen LogP contribution is -2.33. The zero-order valence-corrected chi connectivity index (χ0v) is 16.7. The molecule has 0 fully saturated rings. The summed E-state index contributed by atoms with van der Waals surface area (Å²) in [5, 5.41) is 6.76. The fourth-order valence-electron chi connectivity index (χ4n) is 2.83. The molecule has 0 aliphatic heterocycles. The predicted molar refractivity (Wildman–Crippen MR) is 113 cm³/mol. The van der Waals surface area contributed by atoms with Crippen molar-refractivity contribution < 1.29 is 14.3 Å². The minimum Gasteiger partial charge on any atom is -0.496 e. The molecule has 0 aromatic heterocycles. The van der Waals surface area contributed by atoms with Gasteiger partial charge in [0.25, 0.3) is 5.91 Å². The number of benzene rings is 3. The number of ether oxygens (including phenoxy) is 2. The number of methoxy groups -OCH3 is 1. The summed E-state index contributed by atoms with van der Waals surface area (Å²) in [6.45, 7) is 3.54. The lowest BCUT2D eigenvalue weighted by atomic mass is 10.0. The molecular weight excluding hydrogens is 376 g/mol. The summed E-state index contributed by atoms with van der Waals surface area (Å²) in [7, 11) is 1.60. The molecule has 1 N–H and O–H groups in total. The van der Waals surface area contributed by atoms with Gasteiger partial charge in [-0.2, -0.15) is 5.10 Å². The molecule has 0 bridgehead atoms. The molecular formula is C22H21ClN2O3. The van der Waals surface area contributed by atoms with E-state index < -0.39 is 6.10 Å². The van der Waals surface area contributed by atoms with Crippen LogP contribution in [0.1, 0.15) is 18.1 Å². The first-order chi connectivity index (χ1) is 13.5. The Morgan fingerprint density at radius 2 is 1.89 bits per heavy atom. The molecule has 3 aromatic carbocycles. The van der Waals surface area contributed by atoms with Crippen molar-refractivity contribution in [3.8, 4) is 11.5 Å². The van der Waals surface area contributed by atoms with Gasteiger partial charge in [-0.05, 0) is 54.4 Å². The number of hydrazone groups is 1. The highest BCUT2D eigenvalue weighted by molar-refractivity contribution is 6.30. The molecule has 6 heteroatoms. The van der Waals surface area contributed by atoms with Gasteiger partial charge in [-0.3, -0.25) is 4.79 Å². The average molecular weight is 397 g/mol. The molecule has 5 nitrogen and oxygen atoms in total. The summed E-state index contributed by atoms with van der Waals surface area (Å²) in [5.74, 6) is 0.925. The SMILES string of the molecule is COc1ccc2ccccc2c1C=NNC(=O)[C@H](C)Oc1ccc(Cl)cc1C. The van der Waals surface area contributed by atoms with Gasteiger partial charge in [-0.1, -0.05) is 41.9 Å². The van der Waals surface area contributed by atoms with Gasteiger partial charge in [0, 0.05) is 10.6 Å². The summed E-state index contributed by atoms with van der Waals surface area (Å²) in [6.07, 6.45) is 0.866. The summed E-state index contributed by atoms with van der Waals surface area (Å²) in [5.41, 5.74) is 4.17. The molecule has 1 atom stereocenters. The minimum absolute atomic E-state index is 0.357. The van der Waals surface area contributed by atoms with Crippen LogP contribution < -0.4 is 14.9 Å². The third-order valence-electron chi connectivity index (χ3n) is 4.33. The van der Waals surface area contributed by atoms with Gasteiger partial charge in [-0.15, -0.1) is 0 Å². The molecule has 0 unspecified atom stereocenters. The van der Waals surface area contributed by atoms with E-state index in [1.165, 1.54) is 0 Å². The number of rotatable bonds is 6. The quantitative estimate of drug-likeness (QED) is 0.484. The van der Waals surface area contributed by atoms with Crippen molar-refractivity contribution in [3.05, 3.63) is 70.7 Å². The van der Waals surface area contributed by atoms with E-state index in [2.05, 4.69) is 10.5 Å². The third-order valence-corrected chi connectivity index (χ3v) is 4.56. The summed E-state index contributed by atoms with van der Waals surface area (Å²) < 4.78 is 11.1. The monoisotopic (exact) mass is 396 g/mol. The number of nitrogens with zero attached hydrogens (tertiary/aromatic N) is 1. The van der Waals surface area contributed by atoms with Crippen molar-refractivity contribution in [2.75, 3.05) is 7.11 Å². The molecule has 144 valence electrons. The molecule has 0 aliphatic rings. The predicted octanol–water partition coefficient (Wildman–Crippen LogP) is 4.73. The Morgan fingerprint density at radius 1 is 1.14 bits per heavy atom. The van der Waals surface area contributed by atoms with E-state index in [4.69, 9.17) is 21.1 Å². The molecule has 3 rings (SSSR count). The average Bonchev–Trinajstić information content (AvgIpc) is 2.69. The zero-order chi connectivity index (χ0) is 20.1. The van der Waals surface area contributed by atoms with Crippen molar-refractivity contribution in [2.24, 2.45) is 5.10 Å². The second kappa shape index (κ2) is 8.76. The molecule has 0 saturated carbocycles. The number of halogens is 1. The second-order valence-electron chi connectivity index (χ2n) is 6.31. The Labute approximate surface area is 168 Å². The van der Waals surface area contributed by atoms with E-state index in [1.807, 2.05) is 43.3 Å². The molecule has 0 heterocycles. The van der Waals surface area contributed by atoms with Crippen LogP contribution in [-0.2, 0) is 4.79 Å². The fraction of sp³-hybridized carbons (Fsp3) is 0.182. The van der Waals surface area contributed by atoms with E-state index in [0.29, 0.717) is 16.5 Å². The normalized spacial score (nSPS) is 12.1. The molecule has 28 heavy (non-hydrogen) atoms. The highest BCUT2D eigenvalue weighted by Gasteiger charge is 2.15. The maximum absolute atomic E-state index is 12.3. The molecule has 0 saturated heterocycles. The topological polar surface area (TPSA) is 59.9 Å². The summed E-state index contributed by atoms with van der Waals surface area (Å²) in [6, 6.07) is 17.0. The number of hydrogen-bond donors (Lipinski definition) is 1. The Bertz CT molecular complexity index is 1030. The maximum Gasteiger partial charge on any atom is 0.280 e. The standard InChI is InChI=1S/C22H21ClN2O3/c1-14-12-17(23)9-11-20(14)28-15(2)22(26)25-24-13-19-18-7-5-4-6-16(18)8-10-21(19)27-3/h4-13,15H,1-3H3,(H,25,26)/t15-/m0/s1. The second-order valence-corrected chi connectivity index (χ2v) is 6.74. The van der Waals surface area contributed by atoms with Crippen molar-refractivity contribution in [1.29, 1.82) is 0 Å². The first kappa shape index (κ1) is 19.7. The Kier molecular flexibility index (Phi) is 6.16. The lowest BCUT2D eigenvalue weighted by molar-refractivity contribution is -0.127. The third kappa shape index (κ3) is 4.43. The van der Waals surface area contributed by atoms with Gasteiger partial charge in [0.2, 0.25) is 0 Å². The summed E-state index contributed by atoms with van der Waals surface area (Å²) >= 11 is 5.94. The minimum atomic E-state index is -0.716. The number of carbonyl (C=O) groups is 1. The van der Waals surface area contributed by atoms with Gasteiger partial charge in [0.05, 0.1) is 13.3 Å². The zero-order valence-electron chi connectivity index (χ0n) is 15.9. The van der Waals surface area contributed by atoms with Gasteiger partial charge >= 0.3 is 0 Å². The van der Waals surface area contributed by atoms with Gasteiger partial charge in [0.1, 0.15) is 11.5 Å². The van der Waals surface area contributed by atoms with Crippen LogP contribution in [-0.4, -0.2) is 25.3 Å². The van der Waals surface area contributed by atoms with Crippen LogP contribution in [0.3, 0.4) is 0 Å². The fourth-order valence-corrected chi connectivity index (χ4v) is 3.05. The molecule has 3 aromatic rings. The van der Waals surface area contributed by atoms with Crippen LogP contribution in [0.2, 0.25) is 5.02 Å².